The Hall–Kier alpha value is -0.560. The highest BCUT2D eigenvalue weighted by atomic mass is 15.1. The number of hydrogen-bond acceptors (Lipinski definition) is 1. The molecule has 60 heavy (non-hydrogen) atoms. The fourth-order valence-electron chi connectivity index (χ4n) is 10.5. The lowest BCUT2D eigenvalue weighted by Crippen LogP contribution is -2.27. The van der Waals surface area contributed by atoms with Gasteiger partial charge in [-0.1, -0.05) is 270 Å². The lowest BCUT2D eigenvalue weighted by molar-refractivity contribution is 0.260. The summed E-state index contributed by atoms with van der Waals surface area (Å²) in [6.45, 7) is 22.7. The average Bonchev–Trinajstić information content (AvgIpc) is 3.24. The molecule has 0 aromatic heterocycles. The molecule has 0 aliphatic carbocycles. The first kappa shape index (κ1) is 57.5. The lowest BCUT2D eigenvalue weighted by Gasteiger charge is -2.21. The van der Waals surface area contributed by atoms with Crippen molar-refractivity contribution in [1.82, 2.24) is 4.90 Å². The van der Waals surface area contributed by atoms with Crippen LogP contribution in [0.5, 0.6) is 0 Å². The van der Waals surface area contributed by atoms with E-state index in [1.807, 2.05) is 0 Å². The fourth-order valence-corrected chi connectivity index (χ4v) is 10.5. The Kier molecular flexibility index (Phi) is 43.1. The SMILES string of the molecule is C=C1CCCCCCCN(CCC)CCCCCCCC(=C)CCC(CCCCCCCC)CCCCCCC(C)CCCCCCCCC(CCCCCCCC)CC1. The van der Waals surface area contributed by atoms with Crippen molar-refractivity contribution >= 4 is 0 Å². The predicted molar refractivity (Wildman–Crippen MR) is 276 cm³/mol. The van der Waals surface area contributed by atoms with Gasteiger partial charge in [-0.25, -0.2) is 0 Å². The third-order valence-electron chi connectivity index (χ3n) is 14.9. The molecule has 356 valence electrons. The second kappa shape index (κ2) is 45.0. The summed E-state index contributed by atoms with van der Waals surface area (Å²) in [5.41, 5.74) is 3.11. The maximum Gasteiger partial charge on any atom is -0.00187 e. The van der Waals surface area contributed by atoms with Crippen LogP contribution in [0.3, 0.4) is 0 Å². The molecule has 0 bridgehead atoms. The molecule has 1 fully saturated rings. The van der Waals surface area contributed by atoms with Gasteiger partial charge < -0.3 is 4.90 Å². The van der Waals surface area contributed by atoms with E-state index in [4.69, 9.17) is 0 Å². The van der Waals surface area contributed by atoms with Gasteiger partial charge in [0.1, 0.15) is 0 Å². The van der Waals surface area contributed by atoms with E-state index in [1.54, 1.807) is 11.1 Å². The molecule has 0 aromatic rings. The van der Waals surface area contributed by atoms with Gasteiger partial charge in [-0.15, -0.1) is 0 Å². The second-order valence-electron chi connectivity index (χ2n) is 21.1. The molecule has 1 aliphatic rings. The van der Waals surface area contributed by atoms with Crippen LogP contribution in [-0.4, -0.2) is 24.5 Å². The highest BCUT2D eigenvalue weighted by Gasteiger charge is 2.12. The van der Waals surface area contributed by atoms with Gasteiger partial charge in [0.2, 0.25) is 0 Å². The van der Waals surface area contributed by atoms with E-state index in [0.717, 1.165) is 17.8 Å². The lowest BCUT2D eigenvalue weighted by atomic mass is 9.88. The summed E-state index contributed by atoms with van der Waals surface area (Å²) in [5, 5.41) is 0. The molecule has 0 spiro atoms. The van der Waals surface area contributed by atoms with Crippen LogP contribution in [-0.2, 0) is 0 Å². The zero-order valence-corrected chi connectivity index (χ0v) is 42.5. The van der Waals surface area contributed by atoms with E-state index in [9.17, 15) is 0 Å². The number of nitrogens with zero attached hydrogens (tertiary/aromatic N) is 1. The first-order valence-electron chi connectivity index (χ1n) is 28.5. The van der Waals surface area contributed by atoms with E-state index < -0.39 is 0 Å². The highest BCUT2D eigenvalue weighted by molar-refractivity contribution is 4.95. The monoisotopic (exact) mass is 838 g/mol. The highest BCUT2D eigenvalue weighted by Crippen LogP contribution is 2.28. The van der Waals surface area contributed by atoms with Crippen LogP contribution in [0.2, 0.25) is 0 Å². The summed E-state index contributed by atoms with van der Waals surface area (Å²) in [4.78, 5) is 2.78. The number of allylic oxidation sites excluding steroid dienone is 2. The van der Waals surface area contributed by atoms with Gasteiger partial charge in [0.25, 0.3) is 0 Å². The number of unbranched alkanes of at least 4 members (excludes halogenated alkanes) is 10. The van der Waals surface area contributed by atoms with Crippen molar-refractivity contribution in [3.8, 4) is 0 Å². The van der Waals surface area contributed by atoms with Crippen molar-refractivity contribution in [2.45, 2.75) is 317 Å². The van der Waals surface area contributed by atoms with Crippen LogP contribution in [0.25, 0.3) is 0 Å². The summed E-state index contributed by atoms with van der Waals surface area (Å²) in [6.07, 6.45) is 63.9. The Morgan fingerprint density at radius 1 is 0.367 bits per heavy atom. The summed E-state index contributed by atoms with van der Waals surface area (Å²) in [6, 6.07) is 0. The Bertz CT molecular complexity index is 888. The predicted octanol–water partition coefficient (Wildman–Crippen LogP) is 20.9. The van der Waals surface area contributed by atoms with Crippen molar-refractivity contribution in [3.63, 3.8) is 0 Å². The number of rotatable bonds is 16. The maximum absolute atomic E-state index is 4.59. The van der Waals surface area contributed by atoms with Crippen molar-refractivity contribution in [2.75, 3.05) is 19.6 Å². The van der Waals surface area contributed by atoms with Gasteiger partial charge >= 0.3 is 0 Å². The van der Waals surface area contributed by atoms with Crippen molar-refractivity contribution in [1.29, 1.82) is 0 Å². The summed E-state index contributed by atoms with van der Waals surface area (Å²) < 4.78 is 0. The Balaban J connectivity index is 2.60. The van der Waals surface area contributed by atoms with Crippen LogP contribution in [0, 0.1) is 17.8 Å². The zero-order valence-electron chi connectivity index (χ0n) is 42.5. The van der Waals surface area contributed by atoms with Crippen LogP contribution < -0.4 is 0 Å². The molecule has 3 atom stereocenters. The van der Waals surface area contributed by atoms with Gasteiger partial charge in [-0.3, -0.25) is 0 Å². The first-order chi connectivity index (χ1) is 29.5. The van der Waals surface area contributed by atoms with Crippen LogP contribution in [0.15, 0.2) is 24.3 Å². The van der Waals surface area contributed by atoms with Crippen molar-refractivity contribution < 1.29 is 0 Å². The van der Waals surface area contributed by atoms with Gasteiger partial charge in [0.05, 0.1) is 0 Å². The van der Waals surface area contributed by atoms with Gasteiger partial charge in [0, 0.05) is 0 Å². The summed E-state index contributed by atoms with van der Waals surface area (Å²) in [5.74, 6) is 2.81. The third-order valence-corrected chi connectivity index (χ3v) is 14.9. The van der Waals surface area contributed by atoms with Gasteiger partial charge in [-0.2, -0.15) is 0 Å². The molecule has 1 heteroatoms. The molecule has 0 aromatic carbocycles. The molecule has 1 rings (SSSR count). The maximum atomic E-state index is 4.59. The van der Waals surface area contributed by atoms with E-state index in [-0.39, 0.29) is 0 Å². The molecule has 0 saturated carbocycles. The topological polar surface area (TPSA) is 3.24 Å². The molecular weight excluding hydrogens is 723 g/mol. The van der Waals surface area contributed by atoms with Crippen LogP contribution in [0.4, 0.5) is 0 Å². The molecule has 0 radical (unpaired) electrons. The average molecular weight is 839 g/mol. The minimum absolute atomic E-state index is 0.927. The Labute approximate surface area is 381 Å². The normalized spacial score (nSPS) is 23.8. The standard InChI is InChI=1S/C59H115N/c1-7-10-12-14-23-34-44-58-46-36-25-17-16-20-30-40-55(4)41-33-26-27-37-47-59(45-35-24-15-13-11-8-2)51-49-57(6)43-32-22-19-29-39-54-60(52-9-3)53-38-28-18-21-31-42-56(5)48-50-58/h55,58-59H,5-54H2,1-4H3. The zero-order chi connectivity index (χ0) is 43.4. The molecule has 3 unspecified atom stereocenters. The molecule has 0 amide bonds. The molecule has 1 nitrogen and oxygen atoms in total. The fraction of sp³-hybridized carbons (Fsp3) is 0.932. The molecular formula is C59H115N. The summed E-state index contributed by atoms with van der Waals surface area (Å²) >= 11 is 0. The van der Waals surface area contributed by atoms with Crippen molar-refractivity contribution in [3.05, 3.63) is 24.3 Å². The quantitative estimate of drug-likeness (QED) is 0.111. The smallest absolute Gasteiger partial charge is 0.00187 e. The second-order valence-corrected chi connectivity index (χ2v) is 21.1. The molecule has 1 saturated heterocycles. The largest absolute Gasteiger partial charge is 0.303 e. The van der Waals surface area contributed by atoms with Gasteiger partial charge in [0.15, 0.2) is 0 Å². The molecule has 0 N–H and O–H groups in total. The van der Waals surface area contributed by atoms with E-state index in [0.29, 0.717) is 0 Å². The minimum Gasteiger partial charge on any atom is -0.303 e. The summed E-state index contributed by atoms with van der Waals surface area (Å²) in [7, 11) is 0. The molecule has 1 heterocycles. The Morgan fingerprint density at radius 2 is 0.717 bits per heavy atom. The Morgan fingerprint density at radius 3 is 1.13 bits per heavy atom. The van der Waals surface area contributed by atoms with E-state index >= 15 is 0 Å². The van der Waals surface area contributed by atoms with Gasteiger partial charge in [-0.05, 0) is 108 Å². The van der Waals surface area contributed by atoms with E-state index in [1.165, 1.54) is 309 Å². The molecule has 1 aliphatic heterocycles. The number of hydrogen-bond donors (Lipinski definition) is 0. The minimum atomic E-state index is 0.927. The van der Waals surface area contributed by atoms with Crippen LogP contribution in [0.1, 0.15) is 317 Å². The third kappa shape index (κ3) is 39.1. The first-order valence-corrected chi connectivity index (χ1v) is 28.5. The van der Waals surface area contributed by atoms with Crippen molar-refractivity contribution in [2.24, 2.45) is 17.8 Å². The van der Waals surface area contributed by atoms with E-state index in [2.05, 4.69) is 45.8 Å². The van der Waals surface area contributed by atoms with Crippen LogP contribution >= 0.6 is 0 Å².